The van der Waals surface area contributed by atoms with Crippen molar-refractivity contribution in [3.05, 3.63) is 65.7 Å². The zero-order valence-corrected chi connectivity index (χ0v) is 13.8. The highest BCUT2D eigenvalue weighted by atomic mass is 16.5. The second-order valence-corrected chi connectivity index (χ2v) is 5.74. The standard InChI is InChI=1S/C19H22N2O3/c1-23-11-12-24-17-10-6-5-9-16(17)19-20-18(22)14-21(19)13-15-7-3-2-4-8-15/h2-10,19H,11-14H2,1H3,(H,20,22)/t19-/m0/s1. The molecule has 0 aromatic heterocycles. The van der Waals surface area contributed by atoms with Crippen LogP contribution < -0.4 is 10.1 Å². The topological polar surface area (TPSA) is 50.8 Å². The minimum Gasteiger partial charge on any atom is -0.491 e. The molecule has 5 nitrogen and oxygen atoms in total. The number of para-hydroxylation sites is 1. The normalized spacial score (nSPS) is 17.7. The molecular weight excluding hydrogens is 304 g/mol. The average Bonchev–Trinajstić information content (AvgIpc) is 2.96. The summed E-state index contributed by atoms with van der Waals surface area (Å²) in [6.07, 6.45) is -0.184. The molecule has 5 heteroatoms. The number of benzene rings is 2. The summed E-state index contributed by atoms with van der Waals surface area (Å²) in [4.78, 5) is 14.1. The summed E-state index contributed by atoms with van der Waals surface area (Å²) in [5, 5.41) is 3.05. The lowest BCUT2D eigenvalue weighted by atomic mass is 10.1. The molecule has 3 rings (SSSR count). The monoisotopic (exact) mass is 326 g/mol. The Kier molecular flexibility index (Phi) is 5.46. The van der Waals surface area contributed by atoms with Gasteiger partial charge in [-0.25, -0.2) is 0 Å². The lowest BCUT2D eigenvalue weighted by Gasteiger charge is -2.25. The predicted molar refractivity (Wildman–Crippen MR) is 91.5 cm³/mol. The van der Waals surface area contributed by atoms with E-state index in [0.29, 0.717) is 26.3 Å². The number of nitrogens with zero attached hydrogens (tertiary/aromatic N) is 1. The molecule has 0 aliphatic carbocycles. The molecule has 1 fully saturated rings. The third-order valence-corrected chi connectivity index (χ3v) is 4.00. The Hall–Kier alpha value is -2.37. The fourth-order valence-electron chi connectivity index (χ4n) is 2.88. The van der Waals surface area contributed by atoms with Crippen LogP contribution >= 0.6 is 0 Å². The number of hydrogen-bond donors (Lipinski definition) is 1. The van der Waals surface area contributed by atoms with Gasteiger partial charge in [0.15, 0.2) is 0 Å². The third-order valence-electron chi connectivity index (χ3n) is 4.00. The first-order chi connectivity index (χ1) is 11.8. The van der Waals surface area contributed by atoms with Gasteiger partial charge in [0.1, 0.15) is 18.5 Å². The second-order valence-electron chi connectivity index (χ2n) is 5.74. The fraction of sp³-hybridized carbons (Fsp3) is 0.316. The van der Waals surface area contributed by atoms with Crippen LogP contribution in [-0.4, -0.2) is 37.7 Å². The number of rotatable bonds is 7. The zero-order valence-electron chi connectivity index (χ0n) is 13.8. The highest BCUT2D eigenvalue weighted by Gasteiger charge is 2.32. The lowest BCUT2D eigenvalue weighted by molar-refractivity contribution is -0.118. The van der Waals surface area contributed by atoms with Crippen LogP contribution in [0.4, 0.5) is 0 Å². The first-order valence-corrected chi connectivity index (χ1v) is 8.06. The summed E-state index contributed by atoms with van der Waals surface area (Å²) in [6.45, 7) is 2.09. The molecule has 0 saturated carbocycles. The molecule has 1 heterocycles. The summed E-state index contributed by atoms with van der Waals surface area (Å²) in [7, 11) is 1.65. The lowest BCUT2D eigenvalue weighted by Crippen LogP contribution is -2.28. The van der Waals surface area contributed by atoms with Crippen molar-refractivity contribution < 1.29 is 14.3 Å². The van der Waals surface area contributed by atoms with E-state index >= 15 is 0 Å². The van der Waals surface area contributed by atoms with E-state index in [9.17, 15) is 4.79 Å². The number of carbonyl (C=O) groups is 1. The maximum Gasteiger partial charge on any atom is 0.235 e. The Morgan fingerprint density at radius 2 is 1.83 bits per heavy atom. The number of amides is 1. The summed E-state index contributed by atoms with van der Waals surface area (Å²) in [5.74, 6) is 0.808. The fourth-order valence-corrected chi connectivity index (χ4v) is 2.88. The van der Waals surface area contributed by atoms with Crippen LogP contribution in [0.5, 0.6) is 5.75 Å². The Morgan fingerprint density at radius 1 is 1.08 bits per heavy atom. The van der Waals surface area contributed by atoms with E-state index in [4.69, 9.17) is 9.47 Å². The molecule has 0 spiro atoms. The number of carbonyl (C=O) groups excluding carboxylic acids is 1. The van der Waals surface area contributed by atoms with Crippen molar-refractivity contribution in [1.82, 2.24) is 10.2 Å². The smallest absolute Gasteiger partial charge is 0.235 e. The van der Waals surface area contributed by atoms with Gasteiger partial charge in [0.05, 0.1) is 13.2 Å². The quantitative estimate of drug-likeness (QED) is 0.794. The van der Waals surface area contributed by atoms with Gasteiger partial charge in [-0.3, -0.25) is 9.69 Å². The van der Waals surface area contributed by atoms with E-state index in [-0.39, 0.29) is 12.1 Å². The van der Waals surface area contributed by atoms with Gasteiger partial charge in [-0.05, 0) is 11.6 Å². The van der Waals surface area contributed by atoms with Gasteiger partial charge in [0.25, 0.3) is 0 Å². The average molecular weight is 326 g/mol. The predicted octanol–water partition coefficient (Wildman–Crippen LogP) is 2.34. The molecule has 1 saturated heterocycles. The summed E-state index contributed by atoms with van der Waals surface area (Å²) in [6, 6.07) is 18.0. The van der Waals surface area contributed by atoms with E-state index in [1.807, 2.05) is 42.5 Å². The maximum absolute atomic E-state index is 12.0. The van der Waals surface area contributed by atoms with E-state index in [1.54, 1.807) is 7.11 Å². The molecule has 1 N–H and O–H groups in total. The van der Waals surface area contributed by atoms with Gasteiger partial charge in [-0.15, -0.1) is 0 Å². The first kappa shape index (κ1) is 16.5. The molecule has 1 aliphatic heterocycles. The molecule has 2 aromatic carbocycles. The van der Waals surface area contributed by atoms with Crippen LogP contribution in [0.3, 0.4) is 0 Å². The van der Waals surface area contributed by atoms with Crippen molar-refractivity contribution in [2.75, 3.05) is 26.9 Å². The summed E-state index contributed by atoms with van der Waals surface area (Å²) in [5.41, 5.74) is 2.15. The van der Waals surface area contributed by atoms with Gasteiger partial charge in [-0.1, -0.05) is 48.5 Å². The highest BCUT2D eigenvalue weighted by Crippen LogP contribution is 2.31. The minimum atomic E-state index is -0.184. The van der Waals surface area contributed by atoms with Crippen LogP contribution in [0, 0.1) is 0 Å². The van der Waals surface area contributed by atoms with Gasteiger partial charge in [0, 0.05) is 19.2 Å². The van der Waals surface area contributed by atoms with E-state index in [2.05, 4.69) is 22.3 Å². The molecule has 0 radical (unpaired) electrons. The highest BCUT2D eigenvalue weighted by molar-refractivity contribution is 5.80. The molecule has 0 unspecified atom stereocenters. The Morgan fingerprint density at radius 3 is 2.62 bits per heavy atom. The zero-order chi connectivity index (χ0) is 16.8. The van der Waals surface area contributed by atoms with Gasteiger partial charge in [0.2, 0.25) is 5.91 Å². The number of methoxy groups -OCH3 is 1. The van der Waals surface area contributed by atoms with Crippen LogP contribution in [-0.2, 0) is 16.1 Å². The number of ether oxygens (including phenoxy) is 2. The minimum absolute atomic E-state index is 0.0302. The van der Waals surface area contributed by atoms with Gasteiger partial charge in [-0.2, -0.15) is 0 Å². The first-order valence-electron chi connectivity index (χ1n) is 8.06. The third kappa shape index (κ3) is 3.93. The molecule has 24 heavy (non-hydrogen) atoms. The summed E-state index contributed by atoms with van der Waals surface area (Å²) < 4.78 is 10.9. The van der Waals surface area contributed by atoms with E-state index in [0.717, 1.165) is 11.3 Å². The SMILES string of the molecule is COCCOc1ccccc1[C@H]1NC(=O)CN1Cc1ccccc1. The molecule has 1 amide bonds. The van der Waals surface area contributed by atoms with Crippen LogP contribution in [0.25, 0.3) is 0 Å². The van der Waals surface area contributed by atoms with E-state index in [1.165, 1.54) is 5.56 Å². The number of hydrogen-bond acceptors (Lipinski definition) is 4. The largest absolute Gasteiger partial charge is 0.491 e. The molecule has 0 bridgehead atoms. The van der Waals surface area contributed by atoms with Crippen LogP contribution in [0.2, 0.25) is 0 Å². The van der Waals surface area contributed by atoms with Crippen LogP contribution in [0.1, 0.15) is 17.3 Å². The molecular formula is C19H22N2O3. The van der Waals surface area contributed by atoms with Crippen LogP contribution in [0.15, 0.2) is 54.6 Å². The molecule has 2 aromatic rings. The van der Waals surface area contributed by atoms with Crippen molar-refractivity contribution in [1.29, 1.82) is 0 Å². The van der Waals surface area contributed by atoms with E-state index < -0.39 is 0 Å². The van der Waals surface area contributed by atoms with Crippen molar-refractivity contribution in [3.63, 3.8) is 0 Å². The Labute approximate surface area is 142 Å². The van der Waals surface area contributed by atoms with Gasteiger partial charge >= 0.3 is 0 Å². The summed E-state index contributed by atoms with van der Waals surface area (Å²) >= 11 is 0. The second kappa shape index (κ2) is 7.95. The molecule has 126 valence electrons. The molecule has 1 aliphatic rings. The van der Waals surface area contributed by atoms with Crippen molar-refractivity contribution >= 4 is 5.91 Å². The number of nitrogens with one attached hydrogen (secondary N) is 1. The Bertz CT molecular complexity index is 675. The van der Waals surface area contributed by atoms with Crippen molar-refractivity contribution in [2.45, 2.75) is 12.7 Å². The van der Waals surface area contributed by atoms with Crippen molar-refractivity contribution in [3.8, 4) is 5.75 Å². The maximum atomic E-state index is 12.0. The molecule has 1 atom stereocenters. The van der Waals surface area contributed by atoms with Crippen molar-refractivity contribution in [2.24, 2.45) is 0 Å². The Balaban J connectivity index is 1.80. The van der Waals surface area contributed by atoms with Gasteiger partial charge < -0.3 is 14.8 Å².